The molecule has 0 fully saturated rings. The van der Waals surface area contributed by atoms with Crippen molar-refractivity contribution in [1.82, 2.24) is 14.5 Å². The van der Waals surface area contributed by atoms with Crippen LogP contribution in [0.2, 0.25) is 5.02 Å². The fourth-order valence-corrected chi connectivity index (χ4v) is 4.77. The number of nitrogens with zero attached hydrogens (tertiary/aromatic N) is 2. The second-order valence-electron chi connectivity index (χ2n) is 8.06. The van der Waals surface area contributed by atoms with Crippen molar-refractivity contribution in [3.05, 3.63) is 102 Å². The molecule has 0 aliphatic rings. The van der Waals surface area contributed by atoms with Crippen LogP contribution in [0.1, 0.15) is 29.5 Å². The maximum Gasteiger partial charge on any atom is 0.331 e. The molecule has 2 aromatic heterocycles. The lowest BCUT2D eigenvalue weighted by Crippen LogP contribution is -2.40. The summed E-state index contributed by atoms with van der Waals surface area (Å²) in [5, 5.41) is 4.82. The first-order valence-electron chi connectivity index (χ1n) is 10.8. The lowest BCUT2D eigenvalue weighted by atomic mass is 10.1. The van der Waals surface area contributed by atoms with E-state index in [1.807, 2.05) is 31.2 Å². The second-order valence-corrected chi connectivity index (χ2v) is 9.39. The molecule has 9 heteroatoms. The van der Waals surface area contributed by atoms with Crippen LogP contribution in [0.15, 0.2) is 63.5 Å². The zero-order valence-electron chi connectivity index (χ0n) is 18.5. The van der Waals surface area contributed by atoms with Crippen molar-refractivity contribution >= 4 is 39.1 Å². The van der Waals surface area contributed by atoms with Gasteiger partial charge in [0, 0.05) is 24.5 Å². The molecule has 0 saturated heterocycles. The number of aryl methyl sites for hydroxylation is 1. The first-order chi connectivity index (χ1) is 16.3. The number of aromatic nitrogens is 2. The number of carbonyl (C=O) groups is 1. The van der Waals surface area contributed by atoms with Gasteiger partial charge in [0.1, 0.15) is 10.5 Å². The number of nitrogens with one attached hydrogen (secondary N) is 1. The Morgan fingerprint density at radius 2 is 1.85 bits per heavy atom. The van der Waals surface area contributed by atoms with Crippen LogP contribution in [0.3, 0.4) is 0 Å². The maximum absolute atomic E-state index is 13.4. The van der Waals surface area contributed by atoms with Gasteiger partial charge in [0.2, 0.25) is 5.91 Å². The third kappa shape index (κ3) is 5.29. The van der Waals surface area contributed by atoms with E-state index < -0.39 is 11.5 Å². The van der Waals surface area contributed by atoms with Gasteiger partial charge in [-0.15, -0.1) is 11.3 Å². The molecule has 2 heterocycles. The van der Waals surface area contributed by atoms with E-state index >= 15 is 0 Å². The van der Waals surface area contributed by atoms with E-state index in [-0.39, 0.29) is 36.0 Å². The van der Waals surface area contributed by atoms with E-state index in [9.17, 15) is 18.8 Å². The summed E-state index contributed by atoms with van der Waals surface area (Å²) in [7, 11) is 0. The van der Waals surface area contributed by atoms with Gasteiger partial charge in [0.25, 0.3) is 5.56 Å². The number of thiophene rings is 1. The van der Waals surface area contributed by atoms with Crippen molar-refractivity contribution in [2.24, 2.45) is 0 Å². The zero-order chi connectivity index (χ0) is 24.2. The summed E-state index contributed by atoms with van der Waals surface area (Å²) < 4.78 is 16.5. The molecule has 1 N–H and O–H groups in total. The van der Waals surface area contributed by atoms with Crippen LogP contribution in [0.5, 0.6) is 0 Å². The standard InChI is InChI=1S/C25H23ClFN3O3S/c1-16-4-6-17(7-5-16)14-28-22(31)3-2-11-29-24(32)23-21(10-12-34-23)30(25(29)33)15-18-8-9-19(27)13-20(18)26/h4-10,12-13H,2-3,11,14-15H2,1H3,(H,28,31). The van der Waals surface area contributed by atoms with E-state index in [0.717, 1.165) is 15.7 Å². The molecular weight excluding hydrogens is 477 g/mol. The first-order valence-corrected chi connectivity index (χ1v) is 12.1. The van der Waals surface area contributed by atoms with Gasteiger partial charge >= 0.3 is 5.69 Å². The molecule has 0 radical (unpaired) electrons. The topological polar surface area (TPSA) is 73.1 Å². The lowest BCUT2D eigenvalue weighted by Gasteiger charge is -2.13. The molecule has 0 bridgehead atoms. The van der Waals surface area contributed by atoms with Crippen molar-refractivity contribution in [2.75, 3.05) is 0 Å². The highest BCUT2D eigenvalue weighted by atomic mass is 35.5. The summed E-state index contributed by atoms with van der Waals surface area (Å²) >= 11 is 7.41. The number of halogens is 2. The molecule has 4 aromatic rings. The molecule has 0 unspecified atom stereocenters. The molecule has 0 aliphatic heterocycles. The molecule has 2 aromatic carbocycles. The third-order valence-corrected chi connectivity index (χ3v) is 6.82. The second kappa shape index (κ2) is 10.4. The average molecular weight is 500 g/mol. The predicted molar refractivity (Wildman–Crippen MR) is 133 cm³/mol. The Morgan fingerprint density at radius 1 is 1.09 bits per heavy atom. The number of carbonyl (C=O) groups excluding carboxylic acids is 1. The highest BCUT2D eigenvalue weighted by Crippen LogP contribution is 2.21. The van der Waals surface area contributed by atoms with E-state index in [2.05, 4.69) is 5.32 Å². The number of rotatable bonds is 8. The van der Waals surface area contributed by atoms with E-state index in [0.29, 0.717) is 28.7 Å². The molecular formula is C25H23ClFN3O3S. The van der Waals surface area contributed by atoms with Crippen LogP contribution >= 0.6 is 22.9 Å². The minimum atomic E-state index is -0.489. The van der Waals surface area contributed by atoms with Gasteiger partial charge in [-0.3, -0.25) is 18.7 Å². The number of hydrogen-bond acceptors (Lipinski definition) is 4. The summed E-state index contributed by atoms with van der Waals surface area (Å²) in [6.45, 7) is 2.63. The van der Waals surface area contributed by atoms with Crippen LogP contribution in [0.25, 0.3) is 10.2 Å². The Labute approximate surface area is 204 Å². The molecule has 0 aliphatic carbocycles. The smallest absolute Gasteiger partial charge is 0.331 e. The minimum absolute atomic E-state index is 0.0997. The van der Waals surface area contributed by atoms with Crippen molar-refractivity contribution in [1.29, 1.82) is 0 Å². The van der Waals surface area contributed by atoms with Crippen molar-refractivity contribution in [3.8, 4) is 0 Å². The van der Waals surface area contributed by atoms with Crippen LogP contribution < -0.4 is 16.6 Å². The molecule has 6 nitrogen and oxygen atoms in total. The third-order valence-electron chi connectivity index (χ3n) is 5.58. The zero-order valence-corrected chi connectivity index (χ0v) is 20.1. The molecule has 34 heavy (non-hydrogen) atoms. The molecule has 4 rings (SSSR count). The van der Waals surface area contributed by atoms with Crippen molar-refractivity contribution in [3.63, 3.8) is 0 Å². The molecule has 1 amide bonds. The van der Waals surface area contributed by atoms with E-state index in [4.69, 9.17) is 11.6 Å². The van der Waals surface area contributed by atoms with Crippen LogP contribution in [-0.4, -0.2) is 15.0 Å². The summed E-state index contributed by atoms with van der Waals surface area (Å²) in [6.07, 6.45) is 0.521. The SMILES string of the molecule is Cc1ccc(CNC(=O)CCCn2c(=O)c3sccc3n(Cc3ccc(F)cc3Cl)c2=O)cc1. The summed E-state index contributed by atoms with van der Waals surface area (Å²) in [6, 6.07) is 13.6. The van der Waals surface area contributed by atoms with E-state index in [1.165, 1.54) is 34.1 Å². The first kappa shape index (κ1) is 23.9. The average Bonchev–Trinajstić information content (AvgIpc) is 3.30. The minimum Gasteiger partial charge on any atom is -0.352 e. The molecule has 176 valence electrons. The summed E-state index contributed by atoms with van der Waals surface area (Å²) in [5.41, 5.74) is 2.36. The van der Waals surface area contributed by atoms with Crippen LogP contribution in [0.4, 0.5) is 4.39 Å². The number of hydrogen-bond donors (Lipinski definition) is 1. The molecule has 0 saturated carbocycles. The number of fused-ring (bicyclic) bond motifs is 1. The maximum atomic E-state index is 13.4. The summed E-state index contributed by atoms with van der Waals surface area (Å²) in [4.78, 5) is 38.4. The van der Waals surface area contributed by atoms with Gasteiger partial charge in [0.05, 0.1) is 12.1 Å². The summed E-state index contributed by atoms with van der Waals surface area (Å²) in [5.74, 6) is -0.614. The Bertz CT molecular complexity index is 1460. The number of benzene rings is 2. The van der Waals surface area contributed by atoms with E-state index in [1.54, 1.807) is 11.4 Å². The van der Waals surface area contributed by atoms with Crippen LogP contribution in [0, 0.1) is 12.7 Å². The van der Waals surface area contributed by atoms with Gasteiger partial charge in [-0.2, -0.15) is 0 Å². The van der Waals surface area contributed by atoms with Crippen molar-refractivity contribution < 1.29 is 9.18 Å². The van der Waals surface area contributed by atoms with Gasteiger partial charge in [-0.25, -0.2) is 9.18 Å². The Balaban J connectivity index is 1.49. The Kier molecular flexibility index (Phi) is 7.29. The predicted octanol–water partition coefficient (Wildman–Crippen LogP) is 4.47. The fraction of sp³-hybridized carbons (Fsp3) is 0.240. The Morgan fingerprint density at radius 3 is 2.59 bits per heavy atom. The monoisotopic (exact) mass is 499 g/mol. The van der Waals surface area contributed by atoms with Crippen molar-refractivity contribution in [2.45, 2.75) is 39.4 Å². The Hall–Kier alpha value is -3.23. The number of amides is 1. The quantitative estimate of drug-likeness (QED) is 0.389. The normalized spacial score (nSPS) is 11.1. The highest BCUT2D eigenvalue weighted by molar-refractivity contribution is 7.17. The van der Waals surface area contributed by atoms with Crippen LogP contribution in [-0.2, 0) is 24.4 Å². The highest BCUT2D eigenvalue weighted by Gasteiger charge is 2.16. The lowest BCUT2D eigenvalue weighted by molar-refractivity contribution is -0.121. The molecule has 0 atom stereocenters. The van der Waals surface area contributed by atoms with Gasteiger partial charge < -0.3 is 5.32 Å². The molecule has 0 spiro atoms. The largest absolute Gasteiger partial charge is 0.352 e. The van der Waals surface area contributed by atoms with Gasteiger partial charge in [0.15, 0.2) is 0 Å². The van der Waals surface area contributed by atoms with Gasteiger partial charge in [-0.05, 0) is 48.1 Å². The van der Waals surface area contributed by atoms with Gasteiger partial charge in [-0.1, -0.05) is 47.5 Å². The fourth-order valence-electron chi connectivity index (χ4n) is 3.70.